The second kappa shape index (κ2) is 3.48. The van der Waals surface area contributed by atoms with Gasteiger partial charge in [-0.1, -0.05) is 13.8 Å². The molecule has 3 heteroatoms. The minimum absolute atomic E-state index is 0.199. The minimum Gasteiger partial charge on any atom is -0.469 e. The van der Waals surface area contributed by atoms with E-state index in [0.717, 1.165) is 0 Å². The lowest BCUT2D eigenvalue weighted by Crippen LogP contribution is -2.33. The number of Topliss-reactive ketones (excluding diaryl/α,β-unsaturated/α-hetero) is 1. The van der Waals surface area contributed by atoms with Crippen LogP contribution in [0, 0.1) is 11.3 Å². The van der Waals surface area contributed by atoms with Crippen molar-refractivity contribution in [3.8, 4) is 0 Å². The summed E-state index contributed by atoms with van der Waals surface area (Å²) in [6, 6.07) is 0. The summed E-state index contributed by atoms with van der Waals surface area (Å²) in [5.74, 6) is -0.268. The van der Waals surface area contributed by atoms with E-state index in [1.54, 1.807) is 0 Å². The van der Waals surface area contributed by atoms with Crippen LogP contribution in [0.15, 0.2) is 0 Å². The molecule has 0 aromatic carbocycles. The molecule has 0 spiro atoms. The molecule has 0 aromatic rings. The minimum atomic E-state index is -0.479. The molecule has 1 fully saturated rings. The number of ether oxygens (including phenoxy) is 1. The molecular weight excluding hydrogens is 168 g/mol. The predicted octanol–water partition coefficient (Wildman–Crippen LogP) is 1.55. The number of ketones is 1. The Hall–Kier alpha value is -0.860. The maximum Gasteiger partial charge on any atom is 0.309 e. The van der Waals surface area contributed by atoms with Crippen molar-refractivity contribution in [2.24, 2.45) is 11.3 Å². The van der Waals surface area contributed by atoms with Crippen molar-refractivity contribution in [2.75, 3.05) is 7.11 Å². The highest BCUT2D eigenvalue weighted by Crippen LogP contribution is 2.43. The predicted molar refractivity (Wildman–Crippen MR) is 48.1 cm³/mol. The Morgan fingerprint density at radius 1 is 1.69 bits per heavy atom. The summed E-state index contributed by atoms with van der Waals surface area (Å²) in [4.78, 5) is 22.9. The van der Waals surface area contributed by atoms with Crippen LogP contribution in [-0.2, 0) is 14.3 Å². The number of rotatable bonds is 2. The summed E-state index contributed by atoms with van der Waals surface area (Å²) < 4.78 is 4.69. The standard InChI is InChI=1S/C10H16O3/c1-4-10(2)7(9(12)13-3)5-6-8(10)11/h7H,4-6H2,1-3H3/t7-,10-/m1/s1. The average molecular weight is 184 g/mol. The maximum atomic E-state index is 11.6. The van der Waals surface area contributed by atoms with Gasteiger partial charge >= 0.3 is 5.97 Å². The van der Waals surface area contributed by atoms with Crippen molar-refractivity contribution in [3.05, 3.63) is 0 Å². The van der Waals surface area contributed by atoms with Gasteiger partial charge in [0.1, 0.15) is 5.78 Å². The van der Waals surface area contributed by atoms with Crippen molar-refractivity contribution in [2.45, 2.75) is 33.1 Å². The van der Waals surface area contributed by atoms with E-state index in [2.05, 4.69) is 4.74 Å². The van der Waals surface area contributed by atoms with Crippen LogP contribution >= 0.6 is 0 Å². The average Bonchev–Trinajstić information content (AvgIpc) is 2.43. The van der Waals surface area contributed by atoms with Crippen LogP contribution in [0.1, 0.15) is 33.1 Å². The molecule has 0 unspecified atom stereocenters. The molecule has 74 valence electrons. The Balaban J connectivity index is 2.88. The van der Waals surface area contributed by atoms with E-state index in [9.17, 15) is 9.59 Å². The second-order valence-corrected chi connectivity index (χ2v) is 3.81. The summed E-state index contributed by atoms with van der Waals surface area (Å²) in [5.41, 5.74) is -0.479. The zero-order chi connectivity index (χ0) is 10.1. The lowest BCUT2D eigenvalue weighted by atomic mass is 9.77. The molecule has 3 nitrogen and oxygen atoms in total. The highest BCUT2D eigenvalue weighted by atomic mass is 16.5. The molecule has 0 bridgehead atoms. The third kappa shape index (κ3) is 1.47. The molecule has 13 heavy (non-hydrogen) atoms. The summed E-state index contributed by atoms with van der Waals surface area (Å²) >= 11 is 0. The van der Waals surface area contributed by atoms with Crippen molar-refractivity contribution >= 4 is 11.8 Å². The zero-order valence-corrected chi connectivity index (χ0v) is 8.42. The van der Waals surface area contributed by atoms with E-state index in [-0.39, 0.29) is 17.7 Å². The van der Waals surface area contributed by atoms with Crippen LogP contribution < -0.4 is 0 Å². The van der Waals surface area contributed by atoms with Crippen molar-refractivity contribution in [1.82, 2.24) is 0 Å². The van der Waals surface area contributed by atoms with Crippen LogP contribution in [0.25, 0.3) is 0 Å². The van der Waals surface area contributed by atoms with E-state index in [0.29, 0.717) is 19.3 Å². The molecule has 0 N–H and O–H groups in total. The van der Waals surface area contributed by atoms with Crippen LogP contribution in [0.3, 0.4) is 0 Å². The smallest absolute Gasteiger partial charge is 0.309 e. The largest absolute Gasteiger partial charge is 0.469 e. The summed E-state index contributed by atoms with van der Waals surface area (Å²) in [6.45, 7) is 3.81. The number of hydrogen-bond donors (Lipinski definition) is 0. The topological polar surface area (TPSA) is 43.4 Å². The van der Waals surface area contributed by atoms with Crippen LogP contribution in [-0.4, -0.2) is 18.9 Å². The first-order valence-corrected chi connectivity index (χ1v) is 4.67. The Kier molecular flexibility index (Phi) is 2.74. The van der Waals surface area contributed by atoms with Gasteiger partial charge in [-0.2, -0.15) is 0 Å². The normalized spacial score (nSPS) is 33.5. The van der Waals surface area contributed by atoms with Crippen LogP contribution in [0.2, 0.25) is 0 Å². The Labute approximate surface area is 78.5 Å². The molecule has 0 saturated heterocycles. The highest BCUT2D eigenvalue weighted by molar-refractivity contribution is 5.93. The molecule has 0 aromatic heterocycles. The molecule has 1 aliphatic rings. The van der Waals surface area contributed by atoms with E-state index in [4.69, 9.17) is 0 Å². The second-order valence-electron chi connectivity index (χ2n) is 3.81. The van der Waals surface area contributed by atoms with Crippen molar-refractivity contribution in [1.29, 1.82) is 0 Å². The van der Waals surface area contributed by atoms with Crippen molar-refractivity contribution < 1.29 is 14.3 Å². The molecule has 1 rings (SSSR count). The van der Waals surface area contributed by atoms with E-state index >= 15 is 0 Å². The molecule has 0 aliphatic heterocycles. The lowest BCUT2D eigenvalue weighted by molar-refractivity contribution is -0.151. The van der Waals surface area contributed by atoms with Gasteiger partial charge in [0.15, 0.2) is 0 Å². The number of carbonyl (C=O) groups is 2. The van der Waals surface area contributed by atoms with Gasteiger partial charge in [0.25, 0.3) is 0 Å². The maximum absolute atomic E-state index is 11.6. The quantitative estimate of drug-likeness (QED) is 0.611. The Morgan fingerprint density at radius 2 is 2.31 bits per heavy atom. The van der Waals surface area contributed by atoms with Gasteiger partial charge in [-0.3, -0.25) is 9.59 Å². The third-order valence-corrected chi connectivity index (χ3v) is 3.29. The van der Waals surface area contributed by atoms with Gasteiger partial charge in [0.05, 0.1) is 13.0 Å². The van der Waals surface area contributed by atoms with Gasteiger partial charge in [-0.15, -0.1) is 0 Å². The summed E-state index contributed by atoms with van der Waals surface area (Å²) in [7, 11) is 1.38. The van der Waals surface area contributed by atoms with Gasteiger partial charge in [-0.25, -0.2) is 0 Å². The zero-order valence-electron chi connectivity index (χ0n) is 8.42. The fourth-order valence-corrected chi connectivity index (χ4v) is 2.04. The number of methoxy groups -OCH3 is 1. The first kappa shape index (κ1) is 10.2. The fraction of sp³-hybridized carbons (Fsp3) is 0.800. The van der Waals surface area contributed by atoms with E-state index in [1.165, 1.54) is 7.11 Å². The van der Waals surface area contributed by atoms with Crippen LogP contribution in [0.5, 0.6) is 0 Å². The van der Waals surface area contributed by atoms with Crippen molar-refractivity contribution in [3.63, 3.8) is 0 Å². The number of hydrogen-bond acceptors (Lipinski definition) is 3. The molecular formula is C10H16O3. The molecule has 0 heterocycles. The molecule has 0 amide bonds. The Morgan fingerprint density at radius 3 is 2.77 bits per heavy atom. The molecule has 2 atom stereocenters. The van der Waals surface area contributed by atoms with Gasteiger partial charge in [0.2, 0.25) is 0 Å². The number of esters is 1. The lowest BCUT2D eigenvalue weighted by Gasteiger charge is -2.26. The van der Waals surface area contributed by atoms with Gasteiger partial charge in [0, 0.05) is 11.8 Å². The highest BCUT2D eigenvalue weighted by Gasteiger charge is 2.48. The van der Waals surface area contributed by atoms with E-state index in [1.807, 2.05) is 13.8 Å². The summed E-state index contributed by atoms with van der Waals surface area (Å²) in [5, 5.41) is 0. The third-order valence-electron chi connectivity index (χ3n) is 3.29. The molecule has 1 saturated carbocycles. The first-order chi connectivity index (χ1) is 6.06. The van der Waals surface area contributed by atoms with Crippen LogP contribution in [0.4, 0.5) is 0 Å². The fourth-order valence-electron chi connectivity index (χ4n) is 2.04. The first-order valence-electron chi connectivity index (χ1n) is 4.67. The SMILES string of the molecule is CC[C@@]1(C)C(=O)CC[C@@H]1C(=O)OC. The van der Waals surface area contributed by atoms with Gasteiger partial charge in [-0.05, 0) is 12.8 Å². The van der Waals surface area contributed by atoms with E-state index < -0.39 is 5.41 Å². The molecule has 1 aliphatic carbocycles. The van der Waals surface area contributed by atoms with Gasteiger partial charge < -0.3 is 4.74 Å². The Bertz CT molecular complexity index is 234. The molecule has 0 radical (unpaired) electrons. The monoisotopic (exact) mass is 184 g/mol. The summed E-state index contributed by atoms with van der Waals surface area (Å²) in [6.07, 6.45) is 1.88. The number of carbonyl (C=O) groups excluding carboxylic acids is 2.